The molecule has 2 aromatic carbocycles. The summed E-state index contributed by atoms with van der Waals surface area (Å²) in [5.74, 6) is -0.548. The maximum Gasteiger partial charge on any atom is 0.267 e. The van der Waals surface area contributed by atoms with Crippen molar-refractivity contribution in [1.29, 1.82) is 0 Å². The third-order valence-electron chi connectivity index (χ3n) is 5.02. The Morgan fingerprint density at radius 2 is 1.77 bits per heavy atom. The third-order valence-corrected chi connectivity index (χ3v) is 5.02. The third kappa shape index (κ3) is 7.07. The van der Waals surface area contributed by atoms with E-state index in [1.165, 1.54) is 22.6 Å². The van der Waals surface area contributed by atoms with Crippen LogP contribution in [0.4, 0.5) is 0 Å². The van der Waals surface area contributed by atoms with Gasteiger partial charge < -0.3 is 15.4 Å². The number of amides is 1. The molecule has 3 aromatic rings. The van der Waals surface area contributed by atoms with Gasteiger partial charge in [0.2, 0.25) is 0 Å². The largest absolute Gasteiger partial charge is 0.396 e. The van der Waals surface area contributed by atoms with E-state index in [2.05, 4.69) is 35.4 Å². The number of aromatic nitrogens is 1. The molecular formula is C25H33N3O3. The molecule has 1 amide bonds. The van der Waals surface area contributed by atoms with Gasteiger partial charge in [-0.05, 0) is 54.3 Å². The lowest BCUT2D eigenvalue weighted by atomic mass is 10.1. The van der Waals surface area contributed by atoms with Crippen LogP contribution in [0.3, 0.4) is 0 Å². The molecule has 0 aliphatic rings. The number of hydroxylamine groups is 1. The van der Waals surface area contributed by atoms with E-state index in [1.807, 2.05) is 38.1 Å². The zero-order valence-corrected chi connectivity index (χ0v) is 18.5. The normalized spacial score (nSPS) is 10.9. The number of aliphatic hydroxyl groups excluding tert-OH is 1. The Morgan fingerprint density at radius 3 is 2.45 bits per heavy atom. The summed E-state index contributed by atoms with van der Waals surface area (Å²) in [6.07, 6.45) is 4.51. The van der Waals surface area contributed by atoms with Gasteiger partial charge in [-0.3, -0.25) is 10.0 Å². The lowest BCUT2D eigenvalue weighted by Gasteiger charge is -2.06. The fourth-order valence-corrected chi connectivity index (χ4v) is 3.38. The Bertz CT molecular complexity index is 991. The minimum Gasteiger partial charge on any atom is -0.396 e. The number of fused-ring (bicyclic) bond motifs is 1. The van der Waals surface area contributed by atoms with Crippen molar-refractivity contribution in [3.8, 4) is 0 Å². The number of aromatic amines is 1. The Labute approximate surface area is 184 Å². The van der Waals surface area contributed by atoms with Crippen LogP contribution in [-0.2, 0) is 24.2 Å². The zero-order valence-electron chi connectivity index (χ0n) is 18.5. The van der Waals surface area contributed by atoms with E-state index in [0.717, 1.165) is 41.8 Å². The van der Waals surface area contributed by atoms with E-state index < -0.39 is 5.91 Å². The first-order chi connectivity index (χ1) is 15.1. The molecule has 6 heteroatoms. The second-order valence-corrected chi connectivity index (χ2v) is 7.06. The van der Waals surface area contributed by atoms with Gasteiger partial charge in [0.05, 0.1) is 0 Å². The number of carbonyl (C=O) groups excluding carboxylic acids is 1. The summed E-state index contributed by atoms with van der Waals surface area (Å²) >= 11 is 0. The van der Waals surface area contributed by atoms with E-state index in [9.17, 15) is 9.90 Å². The average Bonchev–Trinajstić information content (AvgIpc) is 3.12. The highest BCUT2D eigenvalue weighted by atomic mass is 16.5. The van der Waals surface area contributed by atoms with Gasteiger partial charge in [-0.1, -0.05) is 50.2 Å². The number of H-pyrrole nitrogens is 1. The van der Waals surface area contributed by atoms with Crippen molar-refractivity contribution in [3.05, 3.63) is 76.5 Å². The standard InChI is InChI=1S/C23H27N3O3.C2H6/c1-16-20-8-6-18(14-22(20)25-21(16)11-13-27)10-12-24-15-19-4-2-17(3-5-19)7-9-23(28)26-29;1-2/h2-9,14,24-25,27,29H,10-13,15H2,1H3,(H,26,28);1-2H3/b9-7+;. The van der Waals surface area contributed by atoms with Crippen LogP contribution in [0.5, 0.6) is 0 Å². The van der Waals surface area contributed by atoms with Gasteiger partial charge in [-0.15, -0.1) is 0 Å². The zero-order chi connectivity index (χ0) is 22.6. The van der Waals surface area contributed by atoms with Gasteiger partial charge >= 0.3 is 0 Å². The highest BCUT2D eigenvalue weighted by molar-refractivity contribution is 5.90. The van der Waals surface area contributed by atoms with E-state index >= 15 is 0 Å². The Kier molecular flexibility index (Phi) is 9.97. The van der Waals surface area contributed by atoms with Crippen molar-refractivity contribution in [2.75, 3.05) is 13.2 Å². The quantitative estimate of drug-likeness (QED) is 0.156. The first-order valence-electron chi connectivity index (χ1n) is 10.7. The molecule has 1 heterocycles. The number of nitrogens with one attached hydrogen (secondary N) is 3. The van der Waals surface area contributed by atoms with Crippen LogP contribution < -0.4 is 10.8 Å². The maximum atomic E-state index is 11.0. The molecule has 0 atom stereocenters. The van der Waals surface area contributed by atoms with E-state index in [1.54, 1.807) is 11.6 Å². The van der Waals surface area contributed by atoms with Crippen LogP contribution in [0, 0.1) is 6.92 Å². The summed E-state index contributed by atoms with van der Waals surface area (Å²) in [5.41, 5.74) is 8.34. The van der Waals surface area contributed by atoms with Gasteiger partial charge in [0.25, 0.3) is 5.91 Å². The van der Waals surface area contributed by atoms with Crippen LogP contribution >= 0.6 is 0 Å². The molecule has 1 aromatic heterocycles. The summed E-state index contributed by atoms with van der Waals surface area (Å²) in [5, 5.41) is 22.3. The number of hydrogen-bond donors (Lipinski definition) is 5. The minimum absolute atomic E-state index is 0.152. The fourth-order valence-electron chi connectivity index (χ4n) is 3.38. The topological polar surface area (TPSA) is 97.4 Å². The fraction of sp³-hybridized carbons (Fsp3) is 0.320. The first kappa shape index (κ1) is 24.3. The molecule has 3 rings (SSSR count). The molecule has 6 nitrogen and oxygen atoms in total. The number of hydrogen-bond acceptors (Lipinski definition) is 4. The minimum atomic E-state index is -0.548. The van der Waals surface area contributed by atoms with Crippen molar-refractivity contribution in [2.24, 2.45) is 0 Å². The summed E-state index contributed by atoms with van der Waals surface area (Å²) in [4.78, 5) is 14.4. The molecule has 0 unspecified atom stereocenters. The van der Waals surface area contributed by atoms with Crippen LogP contribution in [-0.4, -0.2) is 34.4 Å². The number of rotatable bonds is 9. The molecule has 0 saturated heterocycles. The molecule has 0 fully saturated rings. The summed E-state index contributed by atoms with van der Waals surface area (Å²) in [6.45, 7) is 7.88. The van der Waals surface area contributed by atoms with Gasteiger partial charge in [0.15, 0.2) is 0 Å². The van der Waals surface area contributed by atoms with Crippen molar-refractivity contribution < 1.29 is 15.1 Å². The highest BCUT2D eigenvalue weighted by Crippen LogP contribution is 2.23. The smallest absolute Gasteiger partial charge is 0.267 e. The van der Waals surface area contributed by atoms with Crippen molar-refractivity contribution >= 4 is 22.9 Å². The van der Waals surface area contributed by atoms with Gasteiger partial charge in [-0.2, -0.15) is 0 Å². The van der Waals surface area contributed by atoms with Crippen molar-refractivity contribution in [3.63, 3.8) is 0 Å². The lowest BCUT2D eigenvalue weighted by molar-refractivity contribution is -0.124. The van der Waals surface area contributed by atoms with Gasteiger partial charge in [-0.25, -0.2) is 5.48 Å². The first-order valence-corrected chi connectivity index (χ1v) is 10.7. The van der Waals surface area contributed by atoms with Crippen LogP contribution in [0.2, 0.25) is 0 Å². The van der Waals surface area contributed by atoms with Crippen molar-refractivity contribution in [1.82, 2.24) is 15.8 Å². The molecule has 0 aliphatic carbocycles. The molecule has 5 N–H and O–H groups in total. The number of aryl methyl sites for hydroxylation is 1. The highest BCUT2D eigenvalue weighted by Gasteiger charge is 2.07. The predicted octanol–water partition coefficient (Wildman–Crippen LogP) is 3.89. The molecule has 0 aliphatic heterocycles. The molecule has 166 valence electrons. The van der Waals surface area contributed by atoms with E-state index in [0.29, 0.717) is 6.42 Å². The average molecular weight is 424 g/mol. The van der Waals surface area contributed by atoms with Gasteiger partial charge in [0, 0.05) is 42.2 Å². The monoisotopic (exact) mass is 423 g/mol. The summed E-state index contributed by atoms with van der Waals surface area (Å²) in [6, 6.07) is 14.4. The second kappa shape index (κ2) is 12.7. The van der Waals surface area contributed by atoms with Crippen molar-refractivity contribution in [2.45, 2.75) is 40.2 Å². The Morgan fingerprint density at radius 1 is 1.06 bits per heavy atom. The Balaban J connectivity index is 0.00000166. The summed E-state index contributed by atoms with van der Waals surface area (Å²) in [7, 11) is 0. The molecule has 0 radical (unpaired) electrons. The molecule has 0 bridgehead atoms. The molecule has 31 heavy (non-hydrogen) atoms. The SMILES string of the molecule is CC.Cc1c(CCO)[nH]c2cc(CCNCc3ccc(/C=C/C(=O)NO)cc3)ccc12. The maximum absolute atomic E-state index is 11.0. The van der Waals surface area contributed by atoms with E-state index in [-0.39, 0.29) is 6.61 Å². The molecular weight excluding hydrogens is 390 g/mol. The van der Waals surface area contributed by atoms with Crippen LogP contribution in [0.25, 0.3) is 17.0 Å². The number of benzene rings is 2. The Hall–Kier alpha value is -2.93. The summed E-state index contributed by atoms with van der Waals surface area (Å²) < 4.78 is 0. The van der Waals surface area contributed by atoms with Gasteiger partial charge in [0.1, 0.15) is 0 Å². The van der Waals surface area contributed by atoms with E-state index in [4.69, 9.17) is 5.21 Å². The number of aliphatic hydroxyl groups is 1. The van der Waals surface area contributed by atoms with Crippen LogP contribution in [0.1, 0.15) is 41.8 Å². The molecule has 0 saturated carbocycles. The van der Waals surface area contributed by atoms with Crippen LogP contribution in [0.15, 0.2) is 48.5 Å². The lowest BCUT2D eigenvalue weighted by Crippen LogP contribution is -2.16. The predicted molar refractivity (Wildman–Crippen MR) is 126 cm³/mol. The molecule has 0 spiro atoms. The number of carbonyl (C=O) groups is 1. The second-order valence-electron chi connectivity index (χ2n) is 7.06.